The number of nitrogen functional groups attached to an aromatic ring is 1. The van der Waals surface area contributed by atoms with Crippen LogP contribution < -0.4 is 10.5 Å². The van der Waals surface area contributed by atoms with E-state index in [4.69, 9.17) is 5.73 Å². The number of rotatable bonds is 8. The van der Waals surface area contributed by atoms with Crippen molar-refractivity contribution in [3.63, 3.8) is 0 Å². The molecule has 1 aromatic rings. The largest absolute Gasteiger partial charge is 0.378 e. The summed E-state index contributed by atoms with van der Waals surface area (Å²) in [6, 6.07) is 0.913. The molecular weight excluding hydrogens is 284 g/mol. The van der Waals surface area contributed by atoms with Crippen molar-refractivity contribution in [2.75, 3.05) is 12.3 Å². The summed E-state index contributed by atoms with van der Waals surface area (Å²) in [6.07, 6.45) is 4.75. The minimum atomic E-state index is -3.79. The SMILES string of the molecule is CCCCCCNS(=O)(=O)c1cnc(N)c([N+](=O)[O-])c1. The van der Waals surface area contributed by atoms with E-state index in [1.54, 1.807) is 0 Å². The molecule has 0 aliphatic rings. The van der Waals surface area contributed by atoms with Crippen molar-refractivity contribution in [1.29, 1.82) is 0 Å². The van der Waals surface area contributed by atoms with Crippen LogP contribution in [0, 0.1) is 10.1 Å². The van der Waals surface area contributed by atoms with Gasteiger partial charge in [0.1, 0.15) is 4.90 Å². The summed E-state index contributed by atoms with van der Waals surface area (Å²) < 4.78 is 26.3. The second-order valence-corrected chi connectivity index (χ2v) is 6.06. The lowest BCUT2D eigenvalue weighted by molar-refractivity contribution is -0.384. The molecule has 0 aliphatic carbocycles. The van der Waals surface area contributed by atoms with Crippen LogP contribution in [0.25, 0.3) is 0 Å². The fourth-order valence-electron chi connectivity index (χ4n) is 1.58. The van der Waals surface area contributed by atoms with Gasteiger partial charge in [0.25, 0.3) is 0 Å². The van der Waals surface area contributed by atoms with Gasteiger partial charge in [-0.15, -0.1) is 0 Å². The van der Waals surface area contributed by atoms with Gasteiger partial charge in [0, 0.05) is 18.8 Å². The zero-order valence-electron chi connectivity index (χ0n) is 11.2. The number of hydrogen-bond acceptors (Lipinski definition) is 6. The van der Waals surface area contributed by atoms with Crippen LogP contribution in [0.3, 0.4) is 0 Å². The summed E-state index contributed by atoms with van der Waals surface area (Å²) in [5, 5.41) is 10.7. The molecule has 0 atom stereocenters. The monoisotopic (exact) mass is 302 g/mol. The number of sulfonamides is 1. The van der Waals surface area contributed by atoms with Crippen molar-refractivity contribution in [3.05, 3.63) is 22.4 Å². The van der Waals surface area contributed by atoms with Gasteiger partial charge < -0.3 is 5.73 Å². The van der Waals surface area contributed by atoms with E-state index in [0.717, 1.165) is 37.9 Å². The molecule has 1 rings (SSSR count). The molecule has 9 heteroatoms. The van der Waals surface area contributed by atoms with E-state index >= 15 is 0 Å². The lowest BCUT2D eigenvalue weighted by Crippen LogP contribution is -2.25. The van der Waals surface area contributed by atoms with E-state index in [2.05, 4.69) is 16.6 Å². The molecule has 0 saturated carbocycles. The first-order valence-corrected chi connectivity index (χ1v) is 7.76. The van der Waals surface area contributed by atoms with Crippen LogP contribution in [-0.4, -0.2) is 24.9 Å². The molecule has 0 spiro atoms. The quantitative estimate of drug-likeness (QED) is 0.424. The number of nitrogens with zero attached hydrogens (tertiary/aromatic N) is 2. The molecule has 0 amide bonds. The Morgan fingerprint density at radius 2 is 2.10 bits per heavy atom. The van der Waals surface area contributed by atoms with Crippen LogP contribution in [0.2, 0.25) is 0 Å². The first-order valence-electron chi connectivity index (χ1n) is 6.28. The summed E-state index contributed by atoms with van der Waals surface area (Å²) in [4.78, 5) is 13.2. The molecule has 0 saturated heterocycles. The normalized spacial score (nSPS) is 11.4. The Morgan fingerprint density at radius 3 is 2.70 bits per heavy atom. The Morgan fingerprint density at radius 1 is 1.40 bits per heavy atom. The summed E-state index contributed by atoms with van der Waals surface area (Å²) >= 11 is 0. The molecule has 3 N–H and O–H groups in total. The highest BCUT2D eigenvalue weighted by Gasteiger charge is 2.20. The molecule has 1 heterocycles. The number of unbranched alkanes of at least 4 members (excludes halogenated alkanes) is 3. The lowest BCUT2D eigenvalue weighted by Gasteiger charge is -2.06. The van der Waals surface area contributed by atoms with E-state index in [0.29, 0.717) is 6.54 Å². The summed E-state index contributed by atoms with van der Waals surface area (Å²) in [6.45, 7) is 2.35. The number of nitrogens with two attached hydrogens (primary N) is 1. The van der Waals surface area contributed by atoms with Crippen LogP contribution >= 0.6 is 0 Å². The van der Waals surface area contributed by atoms with Gasteiger partial charge in [0.05, 0.1) is 4.92 Å². The zero-order valence-corrected chi connectivity index (χ0v) is 12.0. The van der Waals surface area contributed by atoms with E-state index in [-0.39, 0.29) is 10.7 Å². The first kappa shape index (κ1) is 16.3. The minimum absolute atomic E-state index is 0.256. The maximum absolute atomic E-state index is 11.9. The molecule has 0 unspecified atom stereocenters. The maximum Gasteiger partial charge on any atom is 0.312 e. The van der Waals surface area contributed by atoms with Gasteiger partial charge in [-0.1, -0.05) is 26.2 Å². The standard InChI is InChI=1S/C11H18N4O4S/c1-2-3-4-5-6-14-20(18,19)9-7-10(15(16)17)11(12)13-8-9/h7-8,14H,2-6H2,1H3,(H2,12,13). The lowest BCUT2D eigenvalue weighted by atomic mass is 10.2. The molecule has 0 radical (unpaired) electrons. The molecule has 0 bridgehead atoms. The number of nitro groups is 1. The maximum atomic E-state index is 11.9. The number of pyridine rings is 1. The van der Waals surface area contributed by atoms with Crippen molar-refractivity contribution in [3.8, 4) is 0 Å². The van der Waals surface area contributed by atoms with Gasteiger partial charge in [-0.2, -0.15) is 0 Å². The predicted molar refractivity (Wildman–Crippen MR) is 74.6 cm³/mol. The first-order chi connectivity index (χ1) is 9.38. The molecule has 20 heavy (non-hydrogen) atoms. The number of hydrogen-bond donors (Lipinski definition) is 2. The number of anilines is 1. The molecule has 112 valence electrons. The minimum Gasteiger partial charge on any atom is -0.378 e. The van der Waals surface area contributed by atoms with E-state index in [9.17, 15) is 18.5 Å². The Labute approximate surface area is 117 Å². The van der Waals surface area contributed by atoms with Gasteiger partial charge in [-0.05, 0) is 6.42 Å². The van der Waals surface area contributed by atoms with Gasteiger partial charge >= 0.3 is 5.69 Å². The number of nitrogens with one attached hydrogen (secondary N) is 1. The Hall–Kier alpha value is -1.74. The summed E-state index contributed by atoms with van der Waals surface area (Å²) in [5.41, 5.74) is 4.81. The van der Waals surface area contributed by atoms with Crippen LogP contribution in [0.4, 0.5) is 11.5 Å². The molecule has 0 fully saturated rings. The van der Waals surface area contributed by atoms with Gasteiger partial charge in [0.15, 0.2) is 0 Å². The third-order valence-corrected chi connectivity index (χ3v) is 4.13. The van der Waals surface area contributed by atoms with Crippen molar-refractivity contribution < 1.29 is 13.3 Å². The second kappa shape index (κ2) is 7.15. The second-order valence-electron chi connectivity index (χ2n) is 4.29. The Balaban J connectivity index is 2.77. The Bertz CT molecular complexity index is 574. The fraction of sp³-hybridized carbons (Fsp3) is 0.545. The van der Waals surface area contributed by atoms with E-state index < -0.39 is 20.6 Å². The zero-order chi connectivity index (χ0) is 15.2. The van der Waals surface area contributed by atoms with Crippen LogP contribution in [0.15, 0.2) is 17.2 Å². The van der Waals surface area contributed by atoms with Gasteiger partial charge in [-0.25, -0.2) is 18.1 Å². The molecular formula is C11H18N4O4S. The van der Waals surface area contributed by atoms with Crippen LogP contribution in [0.1, 0.15) is 32.6 Å². The number of aromatic nitrogens is 1. The van der Waals surface area contributed by atoms with Crippen LogP contribution in [-0.2, 0) is 10.0 Å². The van der Waals surface area contributed by atoms with Crippen molar-refractivity contribution in [2.45, 2.75) is 37.5 Å². The smallest absolute Gasteiger partial charge is 0.312 e. The average molecular weight is 302 g/mol. The van der Waals surface area contributed by atoms with Crippen molar-refractivity contribution >= 4 is 21.5 Å². The average Bonchev–Trinajstić information content (AvgIpc) is 2.38. The van der Waals surface area contributed by atoms with Crippen molar-refractivity contribution in [1.82, 2.24) is 9.71 Å². The van der Waals surface area contributed by atoms with E-state index in [1.165, 1.54) is 0 Å². The Kier molecular flexibility index (Phi) is 5.83. The molecule has 0 aliphatic heterocycles. The van der Waals surface area contributed by atoms with Crippen LogP contribution in [0.5, 0.6) is 0 Å². The summed E-state index contributed by atoms with van der Waals surface area (Å²) in [7, 11) is -3.79. The van der Waals surface area contributed by atoms with Gasteiger partial charge in [0.2, 0.25) is 15.8 Å². The highest BCUT2D eigenvalue weighted by molar-refractivity contribution is 7.89. The molecule has 8 nitrogen and oxygen atoms in total. The molecule has 1 aromatic heterocycles. The van der Waals surface area contributed by atoms with Crippen molar-refractivity contribution in [2.24, 2.45) is 0 Å². The topological polar surface area (TPSA) is 128 Å². The third kappa shape index (κ3) is 4.42. The third-order valence-electron chi connectivity index (χ3n) is 2.70. The van der Waals surface area contributed by atoms with E-state index in [1.807, 2.05) is 0 Å². The fourth-order valence-corrected chi connectivity index (χ4v) is 2.62. The molecule has 0 aromatic carbocycles. The highest BCUT2D eigenvalue weighted by Crippen LogP contribution is 2.22. The summed E-state index contributed by atoms with van der Waals surface area (Å²) in [5.74, 6) is -0.308. The van der Waals surface area contributed by atoms with Gasteiger partial charge in [-0.3, -0.25) is 10.1 Å². The highest BCUT2D eigenvalue weighted by atomic mass is 32.2. The predicted octanol–water partition coefficient (Wildman–Crippen LogP) is 1.43.